The SMILES string of the molecule is CC(C(N)=O)c1ccccc1Oc1ccccc1.Cc1ccccc1. The number of amides is 1. The van der Waals surface area contributed by atoms with Gasteiger partial charge in [-0.05, 0) is 32.0 Å². The summed E-state index contributed by atoms with van der Waals surface area (Å²) in [6, 6.07) is 27.1. The second-order valence-electron chi connectivity index (χ2n) is 5.73. The van der Waals surface area contributed by atoms with E-state index in [4.69, 9.17) is 10.5 Å². The Morgan fingerprint density at radius 3 is 1.88 bits per heavy atom. The van der Waals surface area contributed by atoms with Crippen molar-refractivity contribution in [2.24, 2.45) is 5.73 Å². The second-order valence-corrected chi connectivity index (χ2v) is 5.73. The normalized spacial score (nSPS) is 11.0. The molecule has 0 radical (unpaired) electrons. The summed E-state index contributed by atoms with van der Waals surface area (Å²) in [7, 11) is 0. The minimum Gasteiger partial charge on any atom is -0.457 e. The van der Waals surface area contributed by atoms with Crippen LogP contribution in [0.4, 0.5) is 0 Å². The van der Waals surface area contributed by atoms with Gasteiger partial charge in [-0.2, -0.15) is 0 Å². The van der Waals surface area contributed by atoms with Crippen LogP contribution >= 0.6 is 0 Å². The van der Waals surface area contributed by atoms with Crippen LogP contribution in [0.3, 0.4) is 0 Å². The van der Waals surface area contributed by atoms with Gasteiger partial charge >= 0.3 is 0 Å². The van der Waals surface area contributed by atoms with E-state index in [1.54, 1.807) is 6.92 Å². The molecule has 3 rings (SSSR count). The van der Waals surface area contributed by atoms with E-state index < -0.39 is 0 Å². The van der Waals surface area contributed by atoms with Crippen molar-refractivity contribution < 1.29 is 9.53 Å². The number of hydrogen-bond donors (Lipinski definition) is 1. The maximum absolute atomic E-state index is 11.3. The molecule has 3 nitrogen and oxygen atoms in total. The molecule has 1 unspecified atom stereocenters. The third-order valence-corrected chi connectivity index (χ3v) is 3.72. The first-order valence-electron chi connectivity index (χ1n) is 8.20. The predicted octanol–water partition coefficient (Wildman–Crippen LogP) is 5.06. The monoisotopic (exact) mass is 333 g/mol. The van der Waals surface area contributed by atoms with E-state index in [1.807, 2.05) is 72.8 Å². The van der Waals surface area contributed by atoms with Crippen LogP contribution < -0.4 is 10.5 Å². The van der Waals surface area contributed by atoms with Gasteiger partial charge in [0.15, 0.2) is 0 Å². The number of primary amides is 1. The molecular formula is C22H23NO2. The quantitative estimate of drug-likeness (QED) is 0.725. The Labute approximate surface area is 149 Å². The van der Waals surface area contributed by atoms with Gasteiger partial charge in [-0.1, -0.05) is 72.3 Å². The molecule has 0 aliphatic heterocycles. The smallest absolute Gasteiger partial charge is 0.224 e. The summed E-state index contributed by atoms with van der Waals surface area (Å²) in [4.78, 5) is 11.3. The predicted molar refractivity (Wildman–Crippen MR) is 102 cm³/mol. The molecule has 0 fully saturated rings. The standard InChI is InChI=1S/C15H15NO2.C7H8/c1-11(15(16)17)13-9-5-6-10-14(13)18-12-7-3-2-4-8-12;1-7-5-3-2-4-6-7/h2-11H,1H3,(H2,16,17);2-6H,1H3. The number of carbonyl (C=O) groups is 1. The molecule has 1 amide bonds. The lowest BCUT2D eigenvalue weighted by molar-refractivity contribution is -0.119. The van der Waals surface area contributed by atoms with E-state index in [2.05, 4.69) is 19.1 Å². The molecule has 0 aliphatic carbocycles. The van der Waals surface area contributed by atoms with Crippen molar-refractivity contribution in [1.29, 1.82) is 0 Å². The number of benzene rings is 3. The van der Waals surface area contributed by atoms with Crippen LogP contribution in [0.15, 0.2) is 84.9 Å². The molecule has 0 heterocycles. The van der Waals surface area contributed by atoms with Crippen LogP contribution in [-0.2, 0) is 4.79 Å². The fraction of sp³-hybridized carbons (Fsp3) is 0.136. The molecule has 0 saturated carbocycles. The van der Waals surface area contributed by atoms with Gasteiger partial charge in [0.25, 0.3) is 0 Å². The van der Waals surface area contributed by atoms with Gasteiger partial charge in [0.2, 0.25) is 5.91 Å². The molecule has 128 valence electrons. The average Bonchev–Trinajstić information content (AvgIpc) is 2.63. The van der Waals surface area contributed by atoms with Crippen LogP contribution in [0, 0.1) is 6.92 Å². The lowest BCUT2D eigenvalue weighted by Gasteiger charge is -2.14. The Balaban J connectivity index is 0.000000269. The molecule has 1 atom stereocenters. The zero-order chi connectivity index (χ0) is 18.1. The number of aryl methyl sites for hydroxylation is 1. The van der Waals surface area contributed by atoms with Crippen LogP contribution in [0.1, 0.15) is 24.0 Å². The minimum atomic E-state index is -0.370. The topological polar surface area (TPSA) is 52.3 Å². The summed E-state index contributed by atoms with van der Waals surface area (Å²) in [5, 5.41) is 0. The Bertz CT molecular complexity index is 785. The molecule has 3 heteroatoms. The molecular weight excluding hydrogens is 310 g/mol. The van der Waals surface area contributed by atoms with Gasteiger partial charge in [-0.3, -0.25) is 4.79 Å². The third kappa shape index (κ3) is 5.81. The van der Waals surface area contributed by atoms with E-state index >= 15 is 0 Å². The maximum atomic E-state index is 11.3. The van der Waals surface area contributed by atoms with E-state index in [0.29, 0.717) is 5.75 Å². The molecule has 2 N–H and O–H groups in total. The lowest BCUT2D eigenvalue weighted by Crippen LogP contribution is -2.19. The van der Waals surface area contributed by atoms with Crippen LogP contribution in [0.25, 0.3) is 0 Å². The highest BCUT2D eigenvalue weighted by atomic mass is 16.5. The molecule has 3 aromatic rings. The van der Waals surface area contributed by atoms with Crippen molar-refractivity contribution in [2.45, 2.75) is 19.8 Å². The summed E-state index contributed by atoms with van der Waals surface area (Å²) >= 11 is 0. The number of carbonyl (C=O) groups excluding carboxylic acids is 1. The number of hydrogen-bond acceptors (Lipinski definition) is 2. The highest BCUT2D eigenvalue weighted by molar-refractivity contribution is 5.82. The minimum absolute atomic E-state index is 0.362. The van der Waals surface area contributed by atoms with Crippen LogP contribution in [0.5, 0.6) is 11.5 Å². The average molecular weight is 333 g/mol. The molecule has 0 aliphatic rings. The number of rotatable bonds is 4. The van der Waals surface area contributed by atoms with Crippen LogP contribution in [-0.4, -0.2) is 5.91 Å². The summed E-state index contributed by atoms with van der Waals surface area (Å²) in [6.45, 7) is 3.86. The van der Waals surface area contributed by atoms with Crippen molar-refractivity contribution in [1.82, 2.24) is 0 Å². The van der Waals surface area contributed by atoms with Gasteiger partial charge in [-0.15, -0.1) is 0 Å². The Morgan fingerprint density at radius 2 is 1.36 bits per heavy atom. The van der Waals surface area contributed by atoms with Crippen molar-refractivity contribution in [3.8, 4) is 11.5 Å². The van der Waals surface area contributed by atoms with Crippen molar-refractivity contribution in [3.63, 3.8) is 0 Å². The van der Waals surface area contributed by atoms with Crippen molar-refractivity contribution >= 4 is 5.91 Å². The fourth-order valence-electron chi connectivity index (χ4n) is 2.23. The van der Waals surface area contributed by atoms with Gasteiger partial charge < -0.3 is 10.5 Å². The zero-order valence-corrected chi connectivity index (χ0v) is 14.6. The van der Waals surface area contributed by atoms with Crippen molar-refractivity contribution in [3.05, 3.63) is 96.1 Å². The molecule has 0 bridgehead atoms. The number of nitrogens with two attached hydrogens (primary N) is 1. The highest BCUT2D eigenvalue weighted by Gasteiger charge is 2.16. The van der Waals surface area contributed by atoms with Gasteiger partial charge in [0.1, 0.15) is 11.5 Å². The fourth-order valence-corrected chi connectivity index (χ4v) is 2.23. The van der Waals surface area contributed by atoms with E-state index in [-0.39, 0.29) is 11.8 Å². The lowest BCUT2D eigenvalue weighted by atomic mass is 10.00. The van der Waals surface area contributed by atoms with Gasteiger partial charge in [-0.25, -0.2) is 0 Å². The number of ether oxygens (including phenoxy) is 1. The van der Waals surface area contributed by atoms with E-state index in [9.17, 15) is 4.79 Å². The summed E-state index contributed by atoms with van der Waals surface area (Å²) < 4.78 is 5.77. The largest absolute Gasteiger partial charge is 0.457 e. The van der Waals surface area contributed by atoms with E-state index in [0.717, 1.165) is 11.3 Å². The van der Waals surface area contributed by atoms with E-state index in [1.165, 1.54) is 5.56 Å². The first-order valence-corrected chi connectivity index (χ1v) is 8.20. The Morgan fingerprint density at radius 1 is 0.840 bits per heavy atom. The second kappa shape index (κ2) is 9.28. The van der Waals surface area contributed by atoms with Crippen molar-refractivity contribution in [2.75, 3.05) is 0 Å². The molecule has 25 heavy (non-hydrogen) atoms. The first kappa shape index (κ1) is 18.3. The zero-order valence-electron chi connectivity index (χ0n) is 14.6. The maximum Gasteiger partial charge on any atom is 0.224 e. The summed E-state index contributed by atoms with van der Waals surface area (Å²) in [5.41, 5.74) is 7.46. The Kier molecular flexibility index (Phi) is 6.78. The Hall–Kier alpha value is -3.07. The first-order chi connectivity index (χ1) is 12.1. The summed E-state index contributed by atoms with van der Waals surface area (Å²) in [6.07, 6.45) is 0. The van der Waals surface area contributed by atoms with Gasteiger partial charge in [0.05, 0.1) is 5.92 Å². The molecule has 0 spiro atoms. The van der Waals surface area contributed by atoms with Crippen LogP contribution in [0.2, 0.25) is 0 Å². The summed E-state index contributed by atoms with van der Waals surface area (Å²) in [5.74, 6) is 0.667. The highest BCUT2D eigenvalue weighted by Crippen LogP contribution is 2.30. The molecule has 0 saturated heterocycles. The molecule has 0 aromatic heterocycles. The number of para-hydroxylation sites is 2. The van der Waals surface area contributed by atoms with Gasteiger partial charge in [0, 0.05) is 5.56 Å². The molecule has 3 aromatic carbocycles. The third-order valence-electron chi connectivity index (χ3n) is 3.72.